The van der Waals surface area contributed by atoms with E-state index in [0.717, 1.165) is 27.5 Å². The number of terminal acetylenes is 1. The van der Waals surface area contributed by atoms with Crippen molar-refractivity contribution in [3.8, 4) is 24.2 Å². The second-order valence-corrected chi connectivity index (χ2v) is 3.67. The van der Waals surface area contributed by atoms with Gasteiger partial charge in [0.25, 0.3) is 0 Å². The van der Waals surface area contributed by atoms with Gasteiger partial charge in [-0.3, -0.25) is 0 Å². The summed E-state index contributed by atoms with van der Waals surface area (Å²) in [5, 5.41) is 2.11. The third-order valence-electron chi connectivity index (χ3n) is 2.67. The summed E-state index contributed by atoms with van der Waals surface area (Å²) in [6.07, 6.45) is 5.16. The first-order valence-electron chi connectivity index (χ1n) is 5.27. The number of hydrogen-bond acceptors (Lipinski definition) is 1. The molecule has 0 unspecified atom stereocenters. The fraction of sp³-hybridized carbons (Fsp3) is 0. The molecule has 0 fully saturated rings. The summed E-state index contributed by atoms with van der Waals surface area (Å²) in [5.41, 5.74) is 2.62. The highest BCUT2D eigenvalue weighted by Crippen LogP contribution is 2.30. The normalized spacial score (nSPS) is 9.82. The average molecular weight is 216 g/mol. The van der Waals surface area contributed by atoms with Crippen molar-refractivity contribution in [3.05, 3.63) is 48.0 Å². The maximum absolute atomic E-state index is 5.75. The van der Waals surface area contributed by atoms with Crippen molar-refractivity contribution in [3.63, 3.8) is 0 Å². The minimum absolute atomic E-state index is 0.843. The second kappa shape index (κ2) is 3.74. The van der Waals surface area contributed by atoms with Crippen LogP contribution in [0.3, 0.4) is 0 Å². The smallest absolute Gasteiger partial charge is 0.136 e. The van der Waals surface area contributed by atoms with Gasteiger partial charge in [0.1, 0.15) is 11.2 Å². The number of hydrogen-bond donors (Lipinski definition) is 0. The average Bonchev–Trinajstić information content (AvgIpc) is 2.75. The molecule has 78 valence electrons. The molecule has 1 heterocycles. The van der Waals surface area contributed by atoms with Crippen LogP contribution in [0.5, 0.6) is 0 Å². The van der Waals surface area contributed by atoms with Crippen molar-refractivity contribution >= 4 is 21.9 Å². The van der Waals surface area contributed by atoms with Crippen LogP contribution in [-0.4, -0.2) is 0 Å². The van der Waals surface area contributed by atoms with Gasteiger partial charge < -0.3 is 4.42 Å². The van der Waals surface area contributed by atoms with Crippen LogP contribution >= 0.6 is 0 Å². The molecular weight excluding hydrogens is 208 g/mol. The lowest BCUT2D eigenvalue weighted by molar-refractivity contribution is 0.669. The summed E-state index contributed by atoms with van der Waals surface area (Å²) in [4.78, 5) is 0. The number of benzene rings is 2. The van der Waals surface area contributed by atoms with Gasteiger partial charge in [0.2, 0.25) is 0 Å². The van der Waals surface area contributed by atoms with Crippen molar-refractivity contribution in [2.45, 2.75) is 0 Å². The molecule has 0 N–H and O–H groups in total. The molecule has 0 aliphatic heterocycles. The third kappa shape index (κ3) is 1.46. The summed E-state index contributed by atoms with van der Waals surface area (Å²) in [7, 11) is 0. The lowest BCUT2D eigenvalue weighted by atomic mass is 10.1. The molecule has 0 radical (unpaired) electrons. The van der Waals surface area contributed by atoms with Crippen molar-refractivity contribution in [2.75, 3.05) is 0 Å². The van der Waals surface area contributed by atoms with Gasteiger partial charge in [-0.05, 0) is 30.0 Å². The molecule has 0 saturated carbocycles. The molecule has 0 bridgehead atoms. The number of para-hydroxylation sites is 1. The monoisotopic (exact) mass is 216 g/mol. The highest BCUT2D eigenvalue weighted by Gasteiger charge is 2.08. The Labute approximate surface area is 99.0 Å². The minimum Gasteiger partial charge on any atom is -0.456 e. The summed E-state index contributed by atoms with van der Waals surface area (Å²) < 4.78 is 5.75. The third-order valence-corrected chi connectivity index (χ3v) is 2.67. The van der Waals surface area contributed by atoms with E-state index in [4.69, 9.17) is 10.8 Å². The molecule has 1 aromatic heterocycles. The van der Waals surface area contributed by atoms with Crippen molar-refractivity contribution in [1.29, 1.82) is 0 Å². The fourth-order valence-electron chi connectivity index (χ4n) is 1.98. The van der Waals surface area contributed by atoms with Gasteiger partial charge in [-0.2, -0.15) is 0 Å². The van der Waals surface area contributed by atoms with Crippen molar-refractivity contribution in [1.82, 2.24) is 0 Å². The standard InChI is InChI=1S/C16H8O/c1-2-3-7-12-8-6-11-15-16(12)13-9-4-5-10-14(13)17-15/h1,4-6,8-11H. The number of furan rings is 1. The first kappa shape index (κ1) is 9.58. The summed E-state index contributed by atoms with van der Waals surface area (Å²) in [6.45, 7) is 0. The molecule has 3 aromatic rings. The van der Waals surface area contributed by atoms with Crippen LogP contribution in [0.25, 0.3) is 21.9 Å². The zero-order chi connectivity index (χ0) is 11.7. The van der Waals surface area contributed by atoms with Gasteiger partial charge >= 0.3 is 0 Å². The molecule has 1 nitrogen and oxygen atoms in total. The Kier molecular flexibility index (Phi) is 2.11. The van der Waals surface area contributed by atoms with Crippen LogP contribution in [0, 0.1) is 24.2 Å². The fourth-order valence-corrected chi connectivity index (χ4v) is 1.98. The molecule has 2 aromatic carbocycles. The van der Waals surface area contributed by atoms with Gasteiger partial charge in [-0.15, -0.1) is 6.42 Å². The van der Waals surface area contributed by atoms with Gasteiger partial charge in [0.05, 0.1) is 0 Å². The topological polar surface area (TPSA) is 13.1 Å². The van der Waals surface area contributed by atoms with E-state index in [-0.39, 0.29) is 0 Å². The highest BCUT2D eigenvalue weighted by molar-refractivity contribution is 6.07. The molecule has 17 heavy (non-hydrogen) atoms. The zero-order valence-electron chi connectivity index (χ0n) is 9.03. The number of fused-ring (bicyclic) bond motifs is 3. The molecule has 1 heteroatoms. The van der Waals surface area contributed by atoms with Crippen LogP contribution in [0.2, 0.25) is 0 Å². The first-order chi connectivity index (χ1) is 8.40. The van der Waals surface area contributed by atoms with E-state index in [1.165, 1.54) is 0 Å². The molecule has 0 aliphatic rings. The van der Waals surface area contributed by atoms with Crippen LogP contribution in [0.1, 0.15) is 5.56 Å². The van der Waals surface area contributed by atoms with Crippen molar-refractivity contribution < 1.29 is 4.42 Å². The Balaban J connectivity index is 2.48. The summed E-state index contributed by atoms with van der Waals surface area (Å²) >= 11 is 0. The maximum atomic E-state index is 5.75. The van der Waals surface area contributed by atoms with E-state index in [1.807, 2.05) is 42.5 Å². The maximum Gasteiger partial charge on any atom is 0.136 e. The van der Waals surface area contributed by atoms with Crippen molar-refractivity contribution in [2.24, 2.45) is 0 Å². The van der Waals surface area contributed by atoms with E-state index < -0.39 is 0 Å². The molecule has 0 saturated heterocycles. The lowest BCUT2D eigenvalue weighted by Gasteiger charge is -1.92. The van der Waals surface area contributed by atoms with Gasteiger partial charge in [0, 0.05) is 16.3 Å². The Hall–Kier alpha value is -2.64. The molecule has 0 amide bonds. The molecule has 0 aliphatic carbocycles. The Bertz CT molecular complexity index is 804. The van der Waals surface area contributed by atoms with Crippen LogP contribution in [0.4, 0.5) is 0 Å². The van der Waals surface area contributed by atoms with E-state index in [9.17, 15) is 0 Å². The first-order valence-corrected chi connectivity index (χ1v) is 5.27. The minimum atomic E-state index is 0.843. The van der Waals surface area contributed by atoms with Crippen LogP contribution in [-0.2, 0) is 0 Å². The van der Waals surface area contributed by atoms with E-state index in [0.29, 0.717) is 0 Å². The van der Waals surface area contributed by atoms with E-state index in [2.05, 4.69) is 17.8 Å². The Morgan fingerprint density at radius 3 is 2.65 bits per heavy atom. The quantitative estimate of drug-likeness (QED) is 0.523. The SMILES string of the molecule is C#CC#Cc1cccc2oc3ccccc3c12. The largest absolute Gasteiger partial charge is 0.456 e. The summed E-state index contributed by atoms with van der Waals surface area (Å²) in [5.74, 6) is 7.95. The van der Waals surface area contributed by atoms with Crippen LogP contribution in [0.15, 0.2) is 46.9 Å². The molecule has 0 atom stereocenters. The molecule has 0 spiro atoms. The zero-order valence-corrected chi connectivity index (χ0v) is 9.03. The van der Waals surface area contributed by atoms with Crippen LogP contribution < -0.4 is 0 Å². The highest BCUT2D eigenvalue weighted by atomic mass is 16.3. The van der Waals surface area contributed by atoms with Gasteiger partial charge in [-0.25, -0.2) is 0 Å². The lowest BCUT2D eigenvalue weighted by Crippen LogP contribution is -1.75. The number of rotatable bonds is 0. The van der Waals surface area contributed by atoms with Gasteiger partial charge in [0.15, 0.2) is 0 Å². The van der Waals surface area contributed by atoms with E-state index >= 15 is 0 Å². The predicted molar refractivity (Wildman–Crippen MR) is 69.4 cm³/mol. The Morgan fingerprint density at radius 2 is 1.76 bits per heavy atom. The van der Waals surface area contributed by atoms with Gasteiger partial charge in [-0.1, -0.05) is 30.2 Å². The molecular formula is C16H8O. The second-order valence-electron chi connectivity index (χ2n) is 3.67. The molecule has 3 rings (SSSR count). The van der Waals surface area contributed by atoms with E-state index in [1.54, 1.807) is 0 Å². The Morgan fingerprint density at radius 1 is 0.941 bits per heavy atom. The summed E-state index contributed by atoms with van der Waals surface area (Å²) in [6, 6.07) is 13.7. The predicted octanol–water partition coefficient (Wildman–Crippen LogP) is 3.57.